The van der Waals surface area contributed by atoms with Gasteiger partial charge in [-0.05, 0) is 12.8 Å². The van der Waals surface area contributed by atoms with Gasteiger partial charge in [0, 0.05) is 6.42 Å². The lowest BCUT2D eigenvalue weighted by Gasteiger charge is -2.48. The molecule has 0 saturated carbocycles. The molecule has 0 spiro atoms. The molecule has 3 aliphatic rings. The third kappa shape index (κ3) is 27.0. The number of ether oxygens (including phenoxy) is 6. The molecular formula is C59H113NO18. The van der Waals surface area contributed by atoms with Gasteiger partial charge in [-0.3, -0.25) is 4.79 Å². The lowest BCUT2D eigenvalue weighted by molar-refractivity contribution is -0.379. The minimum absolute atomic E-state index is 0.240. The van der Waals surface area contributed by atoms with Gasteiger partial charge in [-0.15, -0.1) is 0 Å². The van der Waals surface area contributed by atoms with Crippen molar-refractivity contribution in [3.05, 3.63) is 0 Å². The molecule has 17 atom stereocenters. The fourth-order valence-electron chi connectivity index (χ4n) is 11.0. The van der Waals surface area contributed by atoms with Crippen LogP contribution in [-0.4, -0.2) is 193 Å². The first-order valence-electron chi connectivity index (χ1n) is 31.3. The van der Waals surface area contributed by atoms with Gasteiger partial charge in [-0.2, -0.15) is 0 Å². The number of rotatable bonds is 47. The molecule has 19 heteroatoms. The van der Waals surface area contributed by atoms with Gasteiger partial charge < -0.3 is 89.9 Å². The molecule has 3 saturated heterocycles. The van der Waals surface area contributed by atoms with Crippen molar-refractivity contribution >= 4 is 5.91 Å². The van der Waals surface area contributed by atoms with Gasteiger partial charge in [0.25, 0.3) is 0 Å². The van der Waals surface area contributed by atoms with Crippen molar-refractivity contribution in [2.75, 3.05) is 26.4 Å². The van der Waals surface area contributed by atoms with E-state index in [0.717, 1.165) is 44.9 Å². The average Bonchev–Trinajstić information content (AvgIpc) is 3.44. The number of hydrogen-bond donors (Lipinski definition) is 12. The summed E-state index contributed by atoms with van der Waals surface area (Å²) in [6, 6.07) is -0.878. The summed E-state index contributed by atoms with van der Waals surface area (Å²) in [4.78, 5) is 13.3. The monoisotopic (exact) mass is 1120 g/mol. The highest BCUT2D eigenvalue weighted by molar-refractivity contribution is 5.76. The molecule has 1 amide bonds. The van der Waals surface area contributed by atoms with E-state index in [-0.39, 0.29) is 18.9 Å². The van der Waals surface area contributed by atoms with E-state index < -0.39 is 124 Å². The number of carbonyl (C=O) groups is 1. The maximum Gasteiger partial charge on any atom is 0.220 e. The predicted molar refractivity (Wildman–Crippen MR) is 296 cm³/mol. The second-order valence-electron chi connectivity index (χ2n) is 22.9. The van der Waals surface area contributed by atoms with Crippen molar-refractivity contribution in [1.29, 1.82) is 0 Å². The summed E-state index contributed by atoms with van der Waals surface area (Å²) < 4.78 is 34.3. The van der Waals surface area contributed by atoms with Gasteiger partial charge in [0.15, 0.2) is 18.9 Å². The molecule has 78 heavy (non-hydrogen) atoms. The zero-order valence-corrected chi connectivity index (χ0v) is 48.2. The molecule has 3 fully saturated rings. The van der Waals surface area contributed by atoms with Crippen molar-refractivity contribution in [1.82, 2.24) is 5.32 Å². The third-order valence-corrected chi connectivity index (χ3v) is 16.2. The number of unbranched alkanes of at least 4 members (excludes halogenated alkanes) is 31. The van der Waals surface area contributed by atoms with E-state index in [9.17, 15) is 61.0 Å². The Labute approximate surface area is 468 Å². The van der Waals surface area contributed by atoms with Crippen LogP contribution in [0.25, 0.3) is 0 Å². The highest BCUT2D eigenvalue weighted by Gasteiger charge is 2.53. The Kier molecular flexibility index (Phi) is 39.6. The van der Waals surface area contributed by atoms with E-state index in [4.69, 9.17) is 28.4 Å². The van der Waals surface area contributed by atoms with Crippen LogP contribution in [0.3, 0.4) is 0 Å². The first-order valence-corrected chi connectivity index (χ1v) is 31.3. The van der Waals surface area contributed by atoms with Crippen LogP contribution >= 0.6 is 0 Å². The van der Waals surface area contributed by atoms with E-state index >= 15 is 0 Å². The minimum atomic E-state index is -1.97. The third-order valence-electron chi connectivity index (χ3n) is 16.2. The van der Waals surface area contributed by atoms with Crippen LogP contribution in [0.1, 0.15) is 239 Å². The number of nitrogens with one attached hydrogen (secondary N) is 1. The van der Waals surface area contributed by atoms with E-state index in [2.05, 4.69) is 19.2 Å². The fourth-order valence-corrected chi connectivity index (χ4v) is 11.0. The van der Waals surface area contributed by atoms with Crippen LogP contribution in [0.2, 0.25) is 0 Å². The van der Waals surface area contributed by atoms with Gasteiger partial charge in [0.05, 0.1) is 38.6 Å². The number of aliphatic hydroxyl groups excluding tert-OH is 11. The number of hydrogen-bond acceptors (Lipinski definition) is 18. The number of aliphatic hydroxyl groups is 11. The molecule has 19 nitrogen and oxygen atoms in total. The van der Waals surface area contributed by atoms with Crippen LogP contribution in [0, 0.1) is 0 Å². The summed E-state index contributed by atoms with van der Waals surface area (Å²) in [5.41, 5.74) is 0. The fraction of sp³-hybridized carbons (Fsp3) is 0.983. The second kappa shape index (κ2) is 43.4. The van der Waals surface area contributed by atoms with Crippen molar-refractivity contribution in [2.24, 2.45) is 0 Å². The molecule has 462 valence electrons. The zero-order valence-electron chi connectivity index (χ0n) is 48.2. The SMILES string of the molecule is CCCCCCCCCCCCCCCCCCCCCCCCCCC(=O)NC(COC1OC(CO)C(OC2OC(CO)C(OC3OC(CO)C(O)C(O)C3O)C(O)C2O)C(O)C1O)C(O)CCCCCCCCCCC. The summed E-state index contributed by atoms with van der Waals surface area (Å²) in [5, 5.41) is 120. The van der Waals surface area contributed by atoms with Crippen molar-refractivity contribution < 1.29 is 89.4 Å². The molecule has 17 unspecified atom stereocenters. The summed E-state index contributed by atoms with van der Waals surface area (Å²) in [7, 11) is 0. The summed E-state index contributed by atoms with van der Waals surface area (Å²) >= 11 is 0. The second-order valence-corrected chi connectivity index (χ2v) is 22.9. The van der Waals surface area contributed by atoms with Gasteiger partial charge in [-0.1, -0.05) is 219 Å². The van der Waals surface area contributed by atoms with Gasteiger partial charge in [-0.25, -0.2) is 0 Å². The Morgan fingerprint density at radius 3 is 1.12 bits per heavy atom. The van der Waals surface area contributed by atoms with Crippen LogP contribution in [-0.2, 0) is 33.2 Å². The first-order chi connectivity index (χ1) is 37.8. The molecule has 0 aliphatic carbocycles. The van der Waals surface area contributed by atoms with Crippen LogP contribution in [0.5, 0.6) is 0 Å². The summed E-state index contributed by atoms with van der Waals surface area (Å²) in [5.74, 6) is -0.240. The molecular weight excluding hydrogens is 1010 g/mol. The molecule has 3 aliphatic heterocycles. The van der Waals surface area contributed by atoms with Crippen LogP contribution < -0.4 is 5.32 Å². The lowest BCUT2D eigenvalue weighted by Crippen LogP contribution is -2.66. The topological polar surface area (TPSA) is 307 Å². The molecule has 0 aromatic carbocycles. The number of carbonyl (C=O) groups excluding carboxylic acids is 1. The van der Waals surface area contributed by atoms with Crippen LogP contribution in [0.4, 0.5) is 0 Å². The Balaban J connectivity index is 1.41. The van der Waals surface area contributed by atoms with E-state index in [1.54, 1.807) is 0 Å². The molecule has 0 aromatic rings. The summed E-state index contributed by atoms with van der Waals surface area (Å²) in [6.07, 6.45) is 15.1. The maximum atomic E-state index is 13.3. The van der Waals surface area contributed by atoms with E-state index in [0.29, 0.717) is 12.8 Å². The zero-order chi connectivity index (χ0) is 56.9. The van der Waals surface area contributed by atoms with Crippen molar-refractivity contribution in [3.63, 3.8) is 0 Å². The molecule has 0 radical (unpaired) electrons. The highest BCUT2D eigenvalue weighted by atomic mass is 16.8. The van der Waals surface area contributed by atoms with Crippen molar-refractivity contribution in [2.45, 2.75) is 343 Å². The summed E-state index contributed by atoms with van der Waals surface area (Å²) in [6.45, 7) is 1.78. The van der Waals surface area contributed by atoms with Gasteiger partial charge >= 0.3 is 0 Å². The Hall–Kier alpha value is -1.21. The molecule has 3 rings (SSSR count). The standard InChI is InChI=1S/C59H113NO18/c1-3-5-7-9-11-13-14-15-16-17-18-19-20-21-22-23-24-25-26-27-29-31-33-35-37-47(65)60-42(43(64)36-34-32-30-28-12-10-8-6-4-2)41-73-57-53(71)50(68)55(45(39-62)75-57)78-59-54(72)51(69)56(46(40-63)76-59)77-58-52(70)49(67)48(66)44(38-61)74-58/h42-46,48-59,61-64,66-72H,3-41H2,1-2H3,(H,60,65). The molecule has 0 bridgehead atoms. The number of amides is 1. The predicted octanol–water partition coefficient (Wildman–Crippen LogP) is 5.99. The largest absolute Gasteiger partial charge is 0.394 e. The molecule has 0 aromatic heterocycles. The quantitative estimate of drug-likeness (QED) is 0.0312. The van der Waals surface area contributed by atoms with E-state index in [1.165, 1.54) is 161 Å². The Bertz CT molecular complexity index is 1440. The van der Waals surface area contributed by atoms with Crippen LogP contribution in [0.15, 0.2) is 0 Å². The average molecular weight is 1120 g/mol. The Morgan fingerprint density at radius 2 is 0.731 bits per heavy atom. The molecule has 3 heterocycles. The van der Waals surface area contributed by atoms with Gasteiger partial charge in [0.2, 0.25) is 5.91 Å². The van der Waals surface area contributed by atoms with Crippen molar-refractivity contribution in [3.8, 4) is 0 Å². The lowest BCUT2D eigenvalue weighted by atomic mass is 9.96. The highest BCUT2D eigenvalue weighted by Crippen LogP contribution is 2.33. The van der Waals surface area contributed by atoms with Gasteiger partial charge in [0.1, 0.15) is 73.2 Å². The van der Waals surface area contributed by atoms with E-state index in [1.807, 2.05) is 0 Å². The Morgan fingerprint density at radius 1 is 0.410 bits per heavy atom. The normalized spacial score (nSPS) is 30.4. The minimum Gasteiger partial charge on any atom is -0.394 e. The smallest absolute Gasteiger partial charge is 0.220 e. The molecule has 12 N–H and O–H groups in total. The maximum absolute atomic E-state index is 13.3. The first kappa shape index (κ1) is 71.1.